The van der Waals surface area contributed by atoms with Gasteiger partial charge in [-0.3, -0.25) is 4.57 Å². The first kappa shape index (κ1) is 35.1. The molecule has 0 aliphatic carbocycles. The molecule has 11 aromatic rings. The molecule has 0 saturated carbocycles. The van der Waals surface area contributed by atoms with Crippen molar-refractivity contribution in [1.29, 1.82) is 0 Å². The van der Waals surface area contributed by atoms with Gasteiger partial charge < -0.3 is 8.98 Å². The fraction of sp³-hybridized carbons (Fsp3) is 0.151. The first-order valence-electron chi connectivity index (χ1n) is 21.0. The van der Waals surface area contributed by atoms with E-state index in [0.29, 0.717) is 17.6 Å². The number of fused-ring (bicyclic) bond motifs is 10. The molecule has 286 valence electrons. The van der Waals surface area contributed by atoms with Crippen LogP contribution in [-0.2, 0) is 12.8 Å². The summed E-state index contributed by atoms with van der Waals surface area (Å²) in [5.74, 6) is 1.76. The lowest BCUT2D eigenvalue weighted by Gasteiger charge is -2.13. The van der Waals surface area contributed by atoms with Gasteiger partial charge in [-0.1, -0.05) is 130 Å². The average Bonchev–Trinajstić information content (AvgIpc) is 3.95. The molecule has 0 aliphatic heterocycles. The highest BCUT2D eigenvalue weighted by Crippen LogP contribution is 2.42. The molecule has 0 saturated heterocycles. The lowest BCUT2D eigenvalue weighted by Crippen LogP contribution is -2.07. The standard InChI is InChI=1S/C53H43N5O/c1-3-5-15-34-24-30-46-44(31-34)43-29-28-42-39-21-13-14-22-45(39)58(50(42)49(43)57(46)38-19-11-8-12-20-38)53-55-51(36-17-9-7-10-18-36)54-52(56-53)37-25-27-41-40-26-23-35(16-6-4-2)32-47(40)59-48(41)33-37/h7-14,17-33H,3-6,15-16H2,1-2H3. The van der Waals surface area contributed by atoms with Gasteiger partial charge in [0.25, 0.3) is 0 Å². The highest BCUT2D eigenvalue weighted by Gasteiger charge is 2.24. The second-order valence-electron chi connectivity index (χ2n) is 15.7. The molecule has 0 bridgehead atoms. The second-order valence-corrected chi connectivity index (χ2v) is 15.7. The Hall–Kier alpha value is -7.05. The SMILES string of the molecule is CCCCc1ccc2c(c1)oc1cc(-c3nc(-c4ccccc4)nc(-n4c5ccccc5c5ccc6c7cc(CCCC)ccc7n(-c7ccccc7)c6c54)n3)ccc12. The van der Waals surface area contributed by atoms with E-state index in [0.717, 1.165) is 105 Å². The molecule has 0 aliphatic rings. The van der Waals surface area contributed by atoms with Gasteiger partial charge in [-0.05, 0) is 85.3 Å². The Kier molecular flexibility index (Phi) is 8.58. The number of benzene rings is 7. The first-order chi connectivity index (χ1) is 29.2. The number of hydrogen-bond acceptors (Lipinski definition) is 4. The zero-order chi connectivity index (χ0) is 39.5. The molecule has 59 heavy (non-hydrogen) atoms. The van der Waals surface area contributed by atoms with Gasteiger partial charge in [-0.2, -0.15) is 9.97 Å². The van der Waals surface area contributed by atoms with Crippen LogP contribution >= 0.6 is 0 Å². The third kappa shape index (κ3) is 5.89. The average molecular weight is 766 g/mol. The second kappa shape index (κ2) is 14.4. The van der Waals surface area contributed by atoms with Gasteiger partial charge in [0.05, 0.1) is 22.1 Å². The predicted molar refractivity (Wildman–Crippen MR) is 244 cm³/mol. The van der Waals surface area contributed by atoms with Gasteiger partial charge in [0.1, 0.15) is 11.2 Å². The molecule has 0 amide bonds. The van der Waals surface area contributed by atoms with Gasteiger partial charge in [0.15, 0.2) is 11.6 Å². The van der Waals surface area contributed by atoms with Crippen LogP contribution in [0.2, 0.25) is 0 Å². The summed E-state index contributed by atoms with van der Waals surface area (Å²) in [6.07, 6.45) is 6.75. The number of furan rings is 1. The maximum Gasteiger partial charge on any atom is 0.238 e. The third-order valence-corrected chi connectivity index (χ3v) is 11.9. The van der Waals surface area contributed by atoms with Crippen LogP contribution < -0.4 is 0 Å². The molecule has 6 heteroatoms. The van der Waals surface area contributed by atoms with E-state index < -0.39 is 0 Å². The summed E-state index contributed by atoms with van der Waals surface area (Å²) >= 11 is 0. The number of rotatable bonds is 10. The van der Waals surface area contributed by atoms with Crippen LogP contribution in [0.1, 0.15) is 50.7 Å². The van der Waals surface area contributed by atoms with E-state index >= 15 is 0 Å². The molecule has 0 spiro atoms. The minimum absolute atomic E-state index is 0.561. The van der Waals surface area contributed by atoms with Gasteiger partial charge in [-0.25, -0.2) is 4.98 Å². The normalized spacial score (nSPS) is 12.0. The fourth-order valence-electron chi connectivity index (χ4n) is 8.99. The maximum absolute atomic E-state index is 6.55. The van der Waals surface area contributed by atoms with Crippen LogP contribution in [0.3, 0.4) is 0 Å². The zero-order valence-electron chi connectivity index (χ0n) is 33.3. The molecule has 0 fully saturated rings. The zero-order valence-corrected chi connectivity index (χ0v) is 33.3. The summed E-state index contributed by atoms with van der Waals surface area (Å²) in [7, 11) is 0. The number of aromatic nitrogens is 5. The van der Waals surface area contributed by atoms with Gasteiger partial charge in [0.2, 0.25) is 5.95 Å². The van der Waals surface area contributed by atoms with E-state index in [4.69, 9.17) is 19.4 Å². The van der Waals surface area contributed by atoms with Crippen molar-refractivity contribution in [2.24, 2.45) is 0 Å². The molecular weight excluding hydrogens is 723 g/mol. The Labute approximate surface area is 342 Å². The quantitative estimate of drug-likeness (QED) is 0.139. The Morgan fingerprint density at radius 1 is 0.441 bits per heavy atom. The number of aryl methyl sites for hydroxylation is 2. The molecule has 0 unspecified atom stereocenters. The Bertz CT molecular complexity index is 3360. The highest BCUT2D eigenvalue weighted by atomic mass is 16.3. The molecule has 0 radical (unpaired) electrons. The summed E-state index contributed by atoms with van der Waals surface area (Å²) in [4.78, 5) is 15.9. The molecule has 7 aromatic carbocycles. The summed E-state index contributed by atoms with van der Waals surface area (Å²) < 4.78 is 11.2. The van der Waals surface area contributed by atoms with Gasteiger partial charge in [-0.15, -0.1) is 0 Å². The van der Waals surface area contributed by atoms with E-state index in [1.165, 1.54) is 27.4 Å². The minimum atomic E-state index is 0.561. The monoisotopic (exact) mass is 765 g/mol. The van der Waals surface area contributed by atoms with E-state index in [2.05, 4.69) is 156 Å². The topological polar surface area (TPSA) is 61.7 Å². The maximum atomic E-state index is 6.55. The number of nitrogens with zero attached hydrogens (tertiary/aromatic N) is 5. The van der Waals surface area contributed by atoms with Crippen LogP contribution in [0.15, 0.2) is 156 Å². The van der Waals surface area contributed by atoms with Crippen molar-refractivity contribution in [2.75, 3.05) is 0 Å². The third-order valence-electron chi connectivity index (χ3n) is 11.9. The van der Waals surface area contributed by atoms with E-state index in [-0.39, 0.29) is 0 Å². The summed E-state index contributed by atoms with van der Waals surface area (Å²) in [6, 6.07) is 54.1. The van der Waals surface area contributed by atoms with E-state index in [1.807, 2.05) is 18.2 Å². The molecular formula is C53H43N5O. The number of unbranched alkanes of at least 4 members (excludes halogenated alkanes) is 2. The van der Waals surface area contributed by atoms with Crippen molar-refractivity contribution in [3.63, 3.8) is 0 Å². The van der Waals surface area contributed by atoms with E-state index in [1.54, 1.807) is 0 Å². The lowest BCUT2D eigenvalue weighted by molar-refractivity contribution is 0.667. The summed E-state index contributed by atoms with van der Waals surface area (Å²) in [6.45, 7) is 4.49. The highest BCUT2D eigenvalue weighted by molar-refractivity contribution is 6.23. The van der Waals surface area contributed by atoms with Crippen LogP contribution in [0, 0.1) is 0 Å². The smallest absolute Gasteiger partial charge is 0.238 e. The van der Waals surface area contributed by atoms with Crippen LogP contribution in [0.25, 0.3) is 100.0 Å². The van der Waals surface area contributed by atoms with Crippen molar-refractivity contribution >= 4 is 65.6 Å². The van der Waals surface area contributed by atoms with Gasteiger partial charge >= 0.3 is 0 Å². The van der Waals surface area contributed by atoms with Crippen molar-refractivity contribution in [1.82, 2.24) is 24.1 Å². The van der Waals surface area contributed by atoms with Crippen LogP contribution in [0.5, 0.6) is 0 Å². The number of hydrogen-bond donors (Lipinski definition) is 0. The number of para-hydroxylation sites is 2. The molecule has 6 nitrogen and oxygen atoms in total. The Morgan fingerprint density at radius 3 is 1.78 bits per heavy atom. The summed E-state index contributed by atoms with van der Waals surface area (Å²) in [5.41, 5.74) is 11.7. The van der Waals surface area contributed by atoms with Crippen molar-refractivity contribution < 1.29 is 4.42 Å². The van der Waals surface area contributed by atoms with Crippen molar-refractivity contribution in [2.45, 2.75) is 52.4 Å². The lowest BCUT2D eigenvalue weighted by atomic mass is 10.0. The van der Waals surface area contributed by atoms with E-state index in [9.17, 15) is 0 Å². The van der Waals surface area contributed by atoms with Crippen LogP contribution in [0.4, 0.5) is 0 Å². The van der Waals surface area contributed by atoms with Gasteiger partial charge in [0, 0.05) is 49.1 Å². The molecule has 4 heterocycles. The minimum Gasteiger partial charge on any atom is -0.456 e. The Balaban J connectivity index is 1.20. The summed E-state index contributed by atoms with van der Waals surface area (Å²) in [5, 5.41) is 6.93. The van der Waals surface area contributed by atoms with Crippen LogP contribution in [-0.4, -0.2) is 24.1 Å². The predicted octanol–water partition coefficient (Wildman–Crippen LogP) is 14.0. The van der Waals surface area contributed by atoms with Crippen molar-refractivity contribution in [3.8, 4) is 34.4 Å². The molecule has 0 atom stereocenters. The van der Waals surface area contributed by atoms with Crippen molar-refractivity contribution in [3.05, 3.63) is 163 Å². The molecule has 4 aromatic heterocycles. The molecule has 0 N–H and O–H groups in total. The fourth-order valence-corrected chi connectivity index (χ4v) is 8.99. The largest absolute Gasteiger partial charge is 0.456 e. The first-order valence-corrected chi connectivity index (χ1v) is 21.0. The Morgan fingerprint density at radius 2 is 1.02 bits per heavy atom. The molecule has 11 rings (SSSR count).